The Morgan fingerprint density at radius 2 is 1.79 bits per heavy atom. The Bertz CT molecular complexity index is 1560. The number of piperidine rings is 1. The minimum atomic E-state index is -0.849. The molecule has 0 spiro atoms. The van der Waals surface area contributed by atoms with E-state index in [2.05, 4.69) is 28.1 Å². The first-order valence-electron chi connectivity index (χ1n) is 12.7. The molecule has 1 aromatic heterocycles. The van der Waals surface area contributed by atoms with Crippen LogP contribution >= 0.6 is 0 Å². The van der Waals surface area contributed by atoms with Gasteiger partial charge < -0.3 is 20.3 Å². The van der Waals surface area contributed by atoms with Crippen molar-refractivity contribution in [2.75, 3.05) is 19.6 Å². The average Bonchev–Trinajstić information content (AvgIpc) is 3.15. The van der Waals surface area contributed by atoms with E-state index in [1.165, 1.54) is 0 Å². The zero-order valence-electron chi connectivity index (χ0n) is 21.0. The van der Waals surface area contributed by atoms with Gasteiger partial charge in [0.25, 0.3) is 0 Å². The van der Waals surface area contributed by atoms with Crippen molar-refractivity contribution in [2.45, 2.75) is 31.9 Å². The number of nitrogens with one attached hydrogen (secondary N) is 1. The number of hydrogen-bond donors (Lipinski definition) is 2. The quantitative estimate of drug-likeness (QED) is 0.421. The molecule has 0 unspecified atom stereocenters. The first kappa shape index (κ1) is 25.5. The number of benzene rings is 3. The minimum absolute atomic E-state index is 0. The molecule has 4 aromatic rings. The smallest absolute Gasteiger partial charge is 0.326 e. The van der Waals surface area contributed by atoms with E-state index < -0.39 is 5.97 Å². The fourth-order valence-corrected chi connectivity index (χ4v) is 5.64. The highest BCUT2D eigenvalue weighted by molar-refractivity contribution is 5.86. The highest BCUT2D eigenvalue weighted by atomic mass is 16.5. The van der Waals surface area contributed by atoms with Crippen LogP contribution in [0.15, 0.2) is 77.6 Å². The summed E-state index contributed by atoms with van der Waals surface area (Å²) in [5, 5.41) is 9.31. The molecule has 4 N–H and O–H groups in total. The highest BCUT2D eigenvalue weighted by Crippen LogP contribution is 2.37. The van der Waals surface area contributed by atoms with Gasteiger partial charge in [0.2, 0.25) is 0 Å². The topological polar surface area (TPSA) is 119 Å². The number of rotatable bonds is 5. The Morgan fingerprint density at radius 3 is 2.61 bits per heavy atom. The van der Waals surface area contributed by atoms with E-state index in [0.29, 0.717) is 6.61 Å². The number of fused-ring (bicyclic) bond motifs is 3. The molecule has 2 aliphatic heterocycles. The van der Waals surface area contributed by atoms with Crippen LogP contribution in [0, 0.1) is 0 Å². The molecule has 3 heterocycles. The van der Waals surface area contributed by atoms with E-state index in [0.717, 1.165) is 77.1 Å². The molecule has 0 saturated carbocycles. The first-order chi connectivity index (χ1) is 18.1. The van der Waals surface area contributed by atoms with Crippen LogP contribution in [-0.4, -0.2) is 50.6 Å². The number of likely N-dealkylation sites (tertiary alicyclic amines) is 1. The van der Waals surface area contributed by atoms with Crippen LogP contribution in [0.25, 0.3) is 16.6 Å². The molecule has 0 atom stereocenters. The maximum atomic E-state index is 12.6. The number of carbonyl (C=O) groups is 1. The second-order valence-corrected chi connectivity index (χ2v) is 9.81. The van der Waals surface area contributed by atoms with Crippen LogP contribution in [0.2, 0.25) is 0 Å². The first-order valence-corrected chi connectivity index (χ1v) is 12.7. The van der Waals surface area contributed by atoms with Crippen molar-refractivity contribution in [3.63, 3.8) is 0 Å². The van der Waals surface area contributed by atoms with Crippen molar-refractivity contribution in [1.29, 1.82) is 0 Å². The summed E-state index contributed by atoms with van der Waals surface area (Å²) in [6.07, 6.45) is 4.03. The van der Waals surface area contributed by atoms with Crippen molar-refractivity contribution in [1.82, 2.24) is 14.5 Å². The predicted octanol–water partition coefficient (Wildman–Crippen LogP) is 3.79. The van der Waals surface area contributed by atoms with Crippen LogP contribution < -0.4 is 10.4 Å². The number of carboxylic acids is 1. The Morgan fingerprint density at radius 1 is 1.03 bits per heavy atom. The van der Waals surface area contributed by atoms with Crippen LogP contribution in [0.1, 0.15) is 41.1 Å². The van der Waals surface area contributed by atoms with Crippen molar-refractivity contribution < 1.29 is 20.1 Å². The Balaban J connectivity index is 0.00000294. The zero-order valence-corrected chi connectivity index (χ0v) is 21.0. The summed E-state index contributed by atoms with van der Waals surface area (Å²) in [6.45, 7) is 3.03. The maximum absolute atomic E-state index is 12.6. The van der Waals surface area contributed by atoms with E-state index in [-0.39, 0.29) is 23.6 Å². The SMILES string of the molecule is O.O=C(O)Cc1ccc2c(c1)/C(=C/CN1CCC(n3c(=O)[nH]c4ccccc43)CC1)c1ccccc1CO2. The van der Waals surface area contributed by atoms with E-state index in [1.54, 1.807) is 0 Å². The number of aromatic nitrogens is 2. The summed E-state index contributed by atoms with van der Waals surface area (Å²) in [5.41, 5.74) is 6.81. The Labute approximate surface area is 220 Å². The summed E-state index contributed by atoms with van der Waals surface area (Å²) in [7, 11) is 0. The van der Waals surface area contributed by atoms with Gasteiger partial charge in [-0.3, -0.25) is 14.3 Å². The van der Waals surface area contributed by atoms with Gasteiger partial charge in [-0.15, -0.1) is 0 Å². The fraction of sp³-hybridized carbons (Fsp3) is 0.267. The molecule has 0 bridgehead atoms. The molecule has 1 fully saturated rings. The third-order valence-corrected chi connectivity index (χ3v) is 7.48. The molecule has 0 amide bonds. The number of hydrogen-bond acceptors (Lipinski definition) is 4. The van der Waals surface area contributed by atoms with Crippen molar-refractivity contribution >= 4 is 22.6 Å². The second-order valence-electron chi connectivity index (χ2n) is 9.81. The lowest BCUT2D eigenvalue weighted by atomic mass is 9.92. The van der Waals surface area contributed by atoms with Gasteiger partial charge in [0, 0.05) is 31.2 Å². The second kappa shape index (κ2) is 10.7. The third kappa shape index (κ3) is 4.88. The molecular weight excluding hydrogens is 482 g/mol. The summed E-state index contributed by atoms with van der Waals surface area (Å²) < 4.78 is 8.04. The molecule has 38 heavy (non-hydrogen) atoms. The van der Waals surface area contributed by atoms with Crippen molar-refractivity contribution in [3.8, 4) is 5.75 Å². The number of imidazole rings is 1. The van der Waals surface area contributed by atoms with Crippen LogP contribution in [0.4, 0.5) is 0 Å². The lowest BCUT2D eigenvalue weighted by Crippen LogP contribution is -2.37. The van der Waals surface area contributed by atoms with Gasteiger partial charge in [0.1, 0.15) is 12.4 Å². The van der Waals surface area contributed by atoms with Gasteiger partial charge in [0.15, 0.2) is 0 Å². The van der Waals surface area contributed by atoms with Crippen molar-refractivity contribution in [2.24, 2.45) is 0 Å². The monoisotopic (exact) mass is 513 g/mol. The van der Waals surface area contributed by atoms with Crippen LogP contribution in [-0.2, 0) is 17.8 Å². The average molecular weight is 514 g/mol. The minimum Gasteiger partial charge on any atom is -0.488 e. The lowest BCUT2D eigenvalue weighted by Gasteiger charge is -2.32. The van der Waals surface area contributed by atoms with Crippen molar-refractivity contribution in [3.05, 3.63) is 106 Å². The number of para-hydroxylation sites is 2. The molecule has 8 nitrogen and oxygen atoms in total. The lowest BCUT2D eigenvalue weighted by molar-refractivity contribution is -0.136. The molecule has 1 saturated heterocycles. The molecular formula is C30H31N3O5. The van der Waals surface area contributed by atoms with Gasteiger partial charge in [-0.2, -0.15) is 0 Å². The highest BCUT2D eigenvalue weighted by Gasteiger charge is 2.24. The maximum Gasteiger partial charge on any atom is 0.326 e. The summed E-state index contributed by atoms with van der Waals surface area (Å²) in [4.78, 5) is 29.4. The normalized spacial score (nSPS) is 16.8. The van der Waals surface area contributed by atoms with E-state index in [4.69, 9.17) is 4.74 Å². The van der Waals surface area contributed by atoms with Crippen LogP contribution in [0.3, 0.4) is 0 Å². The number of H-pyrrole nitrogens is 1. The van der Waals surface area contributed by atoms with Gasteiger partial charge in [-0.05, 0) is 59.4 Å². The number of ether oxygens (including phenoxy) is 1. The summed E-state index contributed by atoms with van der Waals surface area (Å²) in [6, 6.07) is 22.0. The molecule has 3 aromatic carbocycles. The number of aliphatic carboxylic acids is 1. The molecule has 6 rings (SSSR count). The van der Waals surface area contributed by atoms with E-state index in [1.807, 2.05) is 59.2 Å². The molecule has 0 aliphatic carbocycles. The van der Waals surface area contributed by atoms with E-state index >= 15 is 0 Å². The van der Waals surface area contributed by atoms with Gasteiger partial charge in [0.05, 0.1) is 17.5 Å². The fourth-order valence-electron chi connectivity index (χ4n) is 5.64. The molecule has 2 aliphatic rings. The zero-order chi connectivity index (χ0) is 25.4. The Kier molecular flexibility index (Phi) is 7.18. The molecule has 0 radical (unpaired) electrons. The number of aromatic amines is 1. The van der Waals surface area contributed by atoms with E-state index in [9.17, 15) is 14.7 Å². The van der Waals surface area contributed by atoms with Crippen LogP contribution in [0.5, 0.6) is 5.75 Å². The standard InChI is InChI=1S/C30H29N3O4.H2O/c34-29(35)18-20-9-10-28-25(17-20)24(23-6-2-1-5-21(23)19-37-28)13-16-32-14-11-22(12-15-32)33-27-8-4-3-7-26(27)31-30(33)36;/h1-10,13,17,22H,11-12,14-16,18-19H2,(H,31,36)(H,34,35);1H2/b24-13+;. The Hall–Kier alpha value is -4.14. The summed E-state index contributed by atoms with van der Waals surface area (Å²) >= 11 is 0. The molecule has 8 heteroatoms. The van der Waals surface area contributed by atoms with Gasteiger partial charge >= 0.3 is 11.7 Å². The summed E-state index contributed by atoms with van der Waals surface area (Å²) in [5.74, 6) is -0.0772. The van der Waals surface area contributed by atoms with Gasteiger partial charge in [-0.25, -0.2) is 4.79 Å². The van der Waals surface area contributed by atoms with Gasteiger partial charge in [-0.1, -0.05) is 48.5 Å². The predicted molar refractivity (Wildman–Crippen MR) is 147 cm³/mol. The number of nitrogens with zero attached hydrogens (tertiary/aromatic N) is 2. The largest absolute Gasteiger partial charge is 0.488 e. The number of carboxylic acid groups (broad SMARTS) is 1. The molecule has 196 valence electrons. The third-order valence-electron chi connectivity index (χ3n) is 7.48.